The second kappa shape index (κ2) is 6.87. The average Bonchev–Trinajstić information content (AvgIpc) is 2.78. The normalized spacial score (nSPS) is 12.9. The third-order valence-corrected chi connectivity index (χ3v) is 4.65. The fourth-order valence-electron chi connectivity index (χ4n) is 2.11. The van der Waals surface area contributed by atoms with Gasteiger partial charge in [0.25, 0.3) is 0 Å². The Bertz CT molecular complexity index is 588. The molecule has 0 spiro atoms. The quantitative estimate of drug-likeness (QED) is 0.883. The van der Waals surface area contributed by atoms with Gasteiger partial charge in [-0.25, -0.2) is 4.39 Å². The molecule has 0 radical (unpaired) electrons. The maximum Gasteiger partial charge on any atom is 0.124 e. The Balaban J connectivity index is 2.18. The summed E-state index contributed by atoms with van der Waals surface area (Å²) < 4.78 is 13.9. The monoisotopic (exact) mass is 332 g/mol. The molecule has 0 aliphatic rings. The van der Waals surface area contributed by atoms with Crippen molar-refractivity contribution in [1.29, 1.82) is 0 Å². The van der Waals surface area contributed by atoms with Crippen LogP contribution in [-0.2, 0) is 6.54 Å². The predicted octanol–water partition coefficient (Wildman–Crippen LogP) is 4.33. The maximum atomic E-state index is 13.1. The van der Waals surface area contributed by atoms with E-state index in [0.29, 0.717) is 18.1 Å². The first-order chi connectivity index (χ1) is 9.51. The zero-order chi connectivity index (χ0) is 14.7. The fourth-order valence-corrected chi connectivity index (χ4v) is 3.55. The summed E-state index contributed by atoms with van der Waals surface area (Å²) in [5.41, 5.74) is 6.69. The van der Waals surface area contributed by atoms with Crippen LogP contribution in [0.2, 0.25) is 9.36 Å². The molecule has 108 valence electrons. The lowest BCUT2D eigenvalue weighted by molar-refractivity contribution is 0.244. The van der Waals surface area contributed by atoms with Crippen LogP contribution in [0.4, 0.5) is 4.39 Å². The van der Waals surface area contributed by atoms with E-state index in [2.05, 4.69) is 4.90 Å². The van der Waals surface area contributed by atoms with Gasteiger partial charge in [-0.3, -0.25) is 4.90 Å². The Morgan fingerprint density at radius 3 is 2.60 bits per heavy atom. The molecule has 0 fully saturated rings. The summed E-state index contributed by atoms with van der Waals surface area (Å²) in [6, 6.07) is 8.20. The molecule has 0 bridgehead atoms. The van der Waals surface area contributed by atoms with Crippen LogP contribution < -0.4 is 5.73 Å². The first-order valence-electron chi connectivity index (χ1n) is 6.10. The highest BCUT2D eigenvalue weighted by atomic mass is 35.5. The molecule has 20 heavy (non-hydrogen) atoms. The van der Waals surface area contributed by atoms with E-state index in [9.17, 15) is 4.39 Å². The molecule has 1 atom stereocenters. The zero-order valence-corrected chi connectivity index (χ0v) is 13.3. The predicted molar refractivity (Wildman–Crippen MR) is 84.0 cm³/mol. The summed E-state index contributed by atoms with van der Waals surface area (Å²) in [7, 11) is 1.96. The molecule has 0 aliphatic heterocycles. The standard InChI is InChI=1S/C14H15Cl2FN2S/c1-19(8-10-3-5-14(16)20-10)13(7-18)11-4-2-9(17)6-12(11)15/h2-6,13H,7-8,18H2,1H3. The van der Waals surface area contributed by atoms with Gasteiger partial charge in [0.1, 0.15) is 5.82 Å². The van der Waals surface area contributed by atoms with Crippen LogP contribution in [-0.4, -0.2) is 18.5 Å². The molecular formula is C14H15Cl2FN2S. The Labute approximate surface area is 131 Å². The van der Waals surface area contributed by atoms with Crippen LogP contribution in [0.15, 0.2) is 30.3 Å². The highest BCUT2D eigenvalue weighted by molar-refractivity contribution is 7.16. The van der Waals surface area contributed by atoms with Gasteiger partial charge in [0.05, 0.1) is 4.34 Å². The minimum Gasteiger partial charge on any atom is -0.329 e. The Morgan fingerprint density at radius 2 is 2.05 bits per heavy atom. The van der Waals surface area contributed by atoms with Gasteiger partial charge in [-0.2, -0.15) is 0 Å². The van der Waals surface area contributed by atoms with Crippen LogP contribution in [0.5, 0.6) is 0 Å². The van der Waals surface area contributed by atoms with Crippen LogP contribution in [0, 0.1) is 5.82 Å². The second-order valence-electron chi connectivity index (χ2n) is 4.54. The van der Waals surface area contributed by atoms with E-state index in [0.717, 1.165) is 14.8 Å². The maximum absolute atomic E-state index is 13.1. The number of benzene rings is 1. The first kappa shape index (κ1) is 15.7. The molecule has 1 aromatic heterocycles. The summed E-state index contributed by atoms with van der Waals surface area (Å²) in [6.45, 7) is 1.12. The van der Waals surface area contributed by atoms with Gasteiger partial charge in [-0.1, -0.05) is 29.3 Å². The van der Waals surface area contributed by atoms with Crippen LogP contribution in [0.25, 0.3) is 0 Å². The van der Waals surface area contributed by atoms with Gasteiger partial charge in [-0.05, 0) is 36.9 Å². The fraction of sp³-hybridized carbons (Fsp3) is 0.286. The molecule has 2 N–H and O–H groups in total. The van der Waals surface area contributed by atoms with E-state index in [-0.39, 0.29) is 11.9 Å². The minimum atomic E-state index is -0.345. The van der Waals surface area contributed by atoms with Crippen molar-refractivity contribution in [3.05, 3.63) is 55.9 Å². The molecule has 2 aromatic rings. The Morgan fingerprint density at radius 1 is 1.30 bits per heavy atom. The topological polar surface area (TPSA) is 29.3 Å². The summed E-state index contributed by atoms with van der Waals surface area (Å²) >= 11 is 13.6. The number of thiophene rings is 1. The van der Waals surface area contributed by atoms with E-state index >= 15 is 0 Å². The Kier molecular flexibility index (Phi) is 5.41. The van der Waals surface area contributed by atoms with Crippen molar-refractivity contribution in [2.24, 2.45) is 5.73 Å². The molecule has 1 aromatic carbocycles. The molecular weight excluding hydrogens is 318 g/mol. The molecule has 6 heteroatoms. The van der Waals surface area contributed by atoms with E-state index in [1.54, 1.807) is 6.07 Å². The molecule has 2 rings (SSSR count). The molecule has 0 aliphatic carbocycles. The van der Waals surface area contributed by atoms with Crippen molar-refractivity contribution in [1.82, 2.24) is 4.90 Å². The highest BCUT2D eigenvalue weighted by Gasteiger charge is 2.19. The van der Waals surface area contributed by atoms with Crippen molar-refractivity contribution in [2.45, 2.75) is 12.6 Å². The molecule has 0 saturated heterocycles. The number of likely N-dealkylation sites (N-methyl/N-ethyl adjacent to an activating group) is 1. The van der Waals surface area contributed by atoms with Gasteiger partial charge in [0, 0.05) is 29.0 Å². The van der Waals surface area contributed by atoms with Crippen molar-refractivity contribution < 1.29 is 4.39 Å². The van der Waals surface area contributed by atoms with Gasteiger partial charge >= 0.3 is 0 Å². The van der Waals surface area contributed by atoms with E-state index in [1.807, 2.05) is 19.2 Å². The zero-order valence-electron chi connectivity index (χ0n) is 10.9. The summed E-state index contributed by atoms with van der Waals surface area (Å²) in [5.74, 6) is -0.345. The van der Waals surface area contributed by atoms with Gasteiger partial charge in [0.2, 0.25) is 0 Å². The third-order valence-electron chi connectivity index (χ3n) is 3.11. The van der Waals surface area contributed by atoms with Crippen molar-refractivity contribution >= 4 is 34.5 Å². The van der Waals surface area contributed by atoms with Crippen molar-refractivity contribution in [2.75, 3.05) is 13.6 Å². The lowest BCUT2D eigenvalue weighted by Gasteiger charge is -2.27. The number of nitrogens with zero attached hydrogens (tertiary/aromatic N) is 1. The SMILES string of the molecule is CN(Cc1ccc(Cl)s1)C(CN)c1ccc(F)cc1Cl. The van der Waals surface area contributed by atoms with Crippen LogP contribution in [0.1, 0.15) is 16.5 Å². The summed E-state index contributed by atoms with van der Waals surface area (Å²) in [4.78, 5) is 3.23. The largest absolute Gasteiger partial charge is 0.329 e. The summed E-state index contributed by atoms with van der Waals surface area (Å²) in [5, 5.41) is 0.400. The van der Waals surface area contributed by atoms with E-state index in [1.165, 1.54) is 23.5 Å². The second-order valence-corrected chi connectivity index (χ2v) is 6.75. The lowest BCUT2D eigenvalue weighted by Crippen LogP contribution is -2.30. The van der Waals surface area contributed by atoms with Gasteiger partial charge < -0.3 is 5.73 Å². The highest BCUT2D eigenvalue weighted by Crippen LogP contribution is 2.29. The lowest BCUT2D eigenvalue weighted by atomic mass is 10.1. The number of hydrogen-bond donors (Lipinski definition) is 1. The number of rotatable bonds is 5. The average molecular weight is 333 g/mol. The van der Waals surface area contributed by atoms with Crippen LogP contribution in [0.3, 0.4) is 0 Å². The van der Waals surface area contributed by atoms with Gasteiger partial charge in [0.15, 0.2) is 0 Å². The molecule has 2 nitrogen and oxygen atoms in total. The molecule has 0 amide bonds. The third kappa shape index (κ3) is 3.71. The smallest absolute Gasteiger partial charge is 0.124 e. The Hall–Kier alpha value is -0.650. The van der Waals surface area contributed by atoms with E-state index in [4.69, 9.17) is 28.9 Å². The van der Waals surface area contributed by atoms with Gasteiger partial charge in [-0.15, -0.1) is 11.3 Å². The van der Waals surface area contributed by atoms with E-state index < -0.39 is 0 Å². The van der Waals surface area contributed by atoms with Crippen molar-refractivity contribution in [3.63, 3.8) is 0 Å². The first-order valence-corrected chi connectivity index (χ1v) is 7.68. The number of halogens is 3. The number of nitrogens with two attached hydrogens (primary N) is 1. The summed E-state index contributed by atoms with van der Waals surface area (Å²) in [6.07, 6.45) is 0. The molecule has 0 saturated carbocycles. The van der Waals surface area contributed by atoms with Crippen molar-refractivity contribution in [3.8, 4) is 0 Å². The van der Waals surface area contributed by atoms with Crippen LogP contribution >= 0.6 is 34.5 Å². The molecule has 1 heterocycles. The number of hydrogen-bond acceptors (Lipinski definition) is 3. The molecule has 1 unspecified atom stereocenters. The minimum absolute atomic E-state index is 0.0658.